The number of morpholine rings is 1. The largest absolute Gasteiger partial charge is 0.495 e. The molecular weight excluding hydrogens is 334 g/mol. The van der Waals surface area contributed by atoms with Crippen LogP contribution in [0.5, 0.6) is 5.75 Å². The van der Waals surface area contributed by atoms with Crippen LogP contribution in [0.3, 0.4) is 0 Å². The summed E-state index contributed by atoms with van der Waals surface area (Å²) in [5, 5.41) is 0. The van der Waals surface area contributed by atoms with E-state index >= 15 is 0 Å². The van der Waals surface area contributed by atoms with Crippen LogP contribution in [0.15, 0.2) is 24.4 Å². The molecule has 1 fully saturated rings. The van der Waals surface area contributed by atoms with Crippen LogP contribution in [-0.2, 0) is 4.74 Å². The van der Waals surface area contributed by atoms with E-state index in [1.165, 1.54) is 0 Å². The van der Waals surface area contributed by atoms with Crippen LogP contribution in [0.25, 0.3) is 22.4 Å². The maximum absolute atomic E-state index is 5.89. The van der Waals surface area contributed by atoms with E-state index in [1.807, 2.05) is 12.1 Å². The molecule has 0 bridgehead atoms. The summed E-state index contributed by atoms with van der Waals surface area (Å²) in [5.74, 6) is 1.44. The predicted molar refractivity (Wildman–Crippen MR) is 99.0 cm³/mol. The molecule has 3 aromatic rings. The minimum Gasteiger partial charge on any atom is -0.495 e. The van der Waals surface area contributed by atoms with Gasteiger partial charge >= 0.3 is 0 Å². The third-order valence-corrected chi connectivity index (χ3v) is 4.25. The van der Waals surface area contributed by atoms with Crippen molar-refractivity contribution in [3.8, 4) is 17.0 Å². The summed E-state index contributed by atoms with van der Waals surface area (Å²) in [6.45, 7) is 2.70. The van der Waals surface area contributed by atoms with Gasteiger partial charge in [0.1, 0.15) is 5.75 Å². The van der Waals surface area contributed by atoms with Crippen molar-refractivity contribution in [1.82, 2.24) is 19.9 Å². The molecule has 0 amide bonds. The van der Waals surface area contributed by atoms with Crippen molar-refractivity contribution in [1.29, 1.82) is 0 Å². The molecule has 4 N–H and O–H groups in total. The van der Waals surface area contributed by atoms with Crippen molar-refractivity contribution in [2.24, 2.45) is 0 Å². The topological polar surface area (TPSA) is 125 Å². The Bertz CT molecular complexity index is 957. The van der Waals surface area contributed by atoms with Gasteiger partial charge in [-0.1, -0.05) is 6.07 Å². The number of nitrogens with zero attached hydrogens (tertiary/aromatic N) is 5. The summed E-state index contributed by atoms with van der Waals surface area (Å²) in [7, 11) is 1.58. The molecule has 1 aliphatic rings. The lowest BCUT2D eigenvalue weighted by Gasteiger charge is -2.28. The number of nitrogen functional groups attached to an aromatic ring is 2. The molecular formula is C17H19N7O2. The molecule has 4 rings (SSSR count). The highest BCUT2D eigenvalue weighted by Crippen LogP contribution is 2.30. The second kappa shape index (κ2) is 6.60. The second-order valence-electron chi connectivity index (χ2n) is 5.89. The SMILES string of the molecule is COc1cc(-c2cnc3nc(N)nc(N4CCOCC4)c3n2)ccc1N. The van der Waals surface area contributed by atoms with E-state index in [1.54, 1.807) is 19.4 Å². The van der Waals surface area contributed by atoms with Gasteiger partial charge in [0.15, 0.2) is 17.0 Å². The molecule has 0 aliphatic carbocycles. The number of nitrogens with two attached hydrogens (primary N) is 2. The maximum Gasteiger partial charge on any atom is 0.224 e. The van der Waals surface area contributed by atoms with Gasteiger partial charge in [0.2, 0.25) is 5.95 Å². The molecule has 0 saturated carbocycles. The highest BCUT2D eigenvalue weighted by Gasteiger charge is 2.19. The molecule has 1 saturated heterocycles. The fourth-order valence-corrected chi connectivity index (χ4v) is 2.91. The summed E-state index contributed by atoms with van der Waals surface area (Å²) in [6, 6.07) is 5.49. The van der Waals surface area contributed by atoms with Crippen LogP contribution < -0.4 is 21.1 Å². The number of hydrogen-bond donors (Lipinski definition) is 2. The van der Waals surface area contributed by atoms with Crippen LogP contribution in [0.2, 0.25) is 0 Å². The average Bonchev–Trinajstić information content (AvgIpc) is 2.68. The van der Waals surface area contributed by atoms with Crippen molar-refractivity contribution < 1.29 is 9.47 Å². The van der Waals surface area contributed by atoms with Crippen LogP contribution in [0.4, 0.5) is 17.5 Å². The molecule has 0 unspecified atom stereocenters. The van der Waals surface area contributed by atoms with Crippen molar-refractivity contribution >= 4 is 28.6 Å². The Hall–Kier alpha value is -3.20. The van der Waals surface area contributed by atoms with Crippen molar-refractivity contribution in [3.63, 3.8) is 0 Å². The van der Waals surface area contributed by atoms with E-state index < -0.39 is 0 Å². The monoisotopic (exact) mass is 353 g/mol. The van der Waals surface area contributed by atoms with Gasteiger partial charge in [-0.2, -0.15) is 9.97 Å². The van der Waals surface area contributed by atoms with Gasteiger partial charge in [-0.15, -0.1) is 0 Å². The van der Waals surface area contributed by atoms with Gasteiger partial charge in [0, 0.05) is 18.7 Å². The molecule has 0 spiro atoms. The van der Waals surface area contributed by atoms with Gasteiger partial charge in [-0.25, -0.2) is 9.97 Å². The Morgan fingerprint density at radius 2 is 1.92 bits per heavy atom. The molecule has 3 heterocycles. The Labute approximate surface area is 150 Å². The molecule has 134 valence electrons. The summed E-state index contributed by atoms with van der Waals surface area (Å²) in [5.41, 5.74) is 14.9. The lowest BCUT2D eigenvalue weighted by Crippen LogP contribution is -2.37. The van der Waals surface area contributed by atoms with Crippen molar-refractivity contribution in [2.75, 3.05) is 49.8 Å². The molecule has 9 nitrogen and oxygen atoms in total. The molecule has 0 radical (unpaired) electrons. The minimum atomic E-state index is 0.176. The summed E-state index contributed by atoms with van der Waals surface area (Å²) in [6.07, 6.45) is 1.66. The summed E-state index contributed by atoms with van der Waals surface area (Å²) >= 11 is 0. The van der Waals surface area contributed by atoms with Gasteiger partial charge in [0.05, 0.1) is 37.9 Å². The number of hydrogen-bond acceptors (Lipinski definition) is 9. The Morgan fingerprint density at radius 3 is 2.69 bits per heavy atom. The van der Waals surface area contributed by atoms with Crippen molar-refractivity contribution in [3.05, 3.63) is 24.4 Å². The first-order chi connectivity index (χ1) is 12.7. The van der Waals surface area contributed by atoms with Crippen LogP contribution >= 0.6 is 0 Å². The first-order valence-corrected chi connectivity index (χ1v) is 8.22. The molecule has 1 aromatic carbocycles. The normalized spacial score (nSPS) is 14.6. The quantitative estimate of drug-likeness (QED) is 0.666. The number of rotatable bonds is 3. The van der Waals surface area contributed by atoms with Gasteiger partial charge in [0.25, 0.3) is 0 Å². The van der Waals surface area contributed by atoms with E-state index in [0.717, 1.165) is 5.56 Å². The van der Waals surface area contributed by atoms with E-state index in [-0.39, 0.29) is 5.95 Å². The number of aromatic nitrogens is 4. The van der Waals surface area contributed by atoms with Gasteiger partial charge in [-0.05, 0) is 12.1 Å². The number of benzene rings is 1. The van der Waals surface area contributed by atoms with Gasteiger partial charge in [-0.3, -0.25) is 0 Å². The van der Waals surface area contributed by atoms with E-state index in [2.05, 4.69) is 19.9 Å². The van der Waals surface area contributed by atoms with E-state index in [9.17, 15) is 0 Å². The molecule has 26 heavy (non-hydrogen) atoms. The van der Waals surface area contributed by atoms with E-state index in [4.69, 9.17) is 25.9 Å². The van der Waals surface area contributed by atoms with Gasteiger partial charge < -0.3 is 25.8 Å². The summed E-state index contributed by atoms with van der Waals surface area (Å²) < 4.78 is 10.7. The third-order valence-electron chi connectivity index (χ3n) is 4.25. The number of ether oxygens (including phenoxy) is 2. The maximum atomic E-state index is 5.89. The van der Waals surface area contributed by atoms with Crippen LogP contribution in [-0.4, -0.2) is 53.3 Å². The number of methoxy groups -OCH3 is 1. The second-order valence-corrected chi connectivity index (χ2v) is 5.89. The fraction of sp³-hybridized carbons (Fsp3) is 0.294. The molecule has 1 aliphatic heterocycles. The fourth-order valence-electron chi connectivity index (χ4n) is 2.91. The smallest absolute Gasteiger partial charge is 0.224 e. The lowest BCUT2D eigenvalue weighted by molar-refractivity contribution is 0.122. The highest BCUT2D eigenvalue weighted by atomic mass is 16.5. The lowest BCUT2D eigenvalue weighted by atomic mass is 10.1. The van der Waals surface area contributed by atoms with Crippen LogP contribution in [0.1, 0.15) is 0 Å². The zero-order valence-corrected chi connectivity index (χ0v) is 14.3. The Kier molecular flexibility index (Phi) is 4.13. The van der Waals surface area contributed by atoms with E-state index in [0.29, 0.717) is 60.4 Å². The average molecular weight is 353 g/mol. The zero-order valence-electron chi connectivity index (χ0n) is 14.3. The molecule has 9 heteroatoms. The standard InChI is InChI=1S/C17H19N7O2/c1-25-13-8-10(2-3-11(13)18)12-9-20-15-14(21-12)16(23-17(19)22-15)24-4-6-26-7-5-24/h2-3,8-9H,4-7,18H2,1H3,(H2,19,20,22,23). The van der Waals surface area contributed by atoms with Crippen molar-refractivity contribution in [2.45, 2.75) is 0 Å². The third kappa shape index (κ3) is 2.93. The minimum absolute atomic E-state index is 0.176. The number of anilines is 3. The first kappa shape index (κ1) is 16.3. The Morgan fingerprint density at radius 1 is 1.12 bits per heavy atom. The van der Waals surface area contributed by atoms with Crippen LogP contribution in [0, 0.1) is 0 Å². The number of fused-ring (bicyclic) bond motifs is 1. The first-order valence-electron chi connectivity index (χ1n) is 8.22. The molecule has 0 atom stereocenters. The zero-order chi connectivity index (χ0) is 18.1. The molecule has 2 aromatic heterocycles. The predicted octanol–water partition coefficient (Wildman–Crippen LogP) is 1.10. The summed E-state index contributed by atoms with van der Waals surface area (Å²) in [4.78, 5) is 19.9. The highest BCUT2D eigenvalue weighted by molar-refractivity contribution is 5.86. The Balaban J connectivity index is 1.84.